The number of benzene rings is 2. The summed E-state index contributed by atoms with van der Waals surface area (Å²) in [5, 5.41) is 12.0. The number of carbonyl (C=O) groups is 1. The highest BCUT2D eigenvalue weighted by atomic mass is 32.2. The molecular weight excluding hydrogens is 388 g/mol. The van der Waals surface area contributed by atoms with Gasteiger partial charge in [-0.1, -0.05) is 29.5 Å². The first-order valence-corrected chi connectivity index (χ1v) is 10.3. The van der Waals surface area contributed by atoms with Gasteiger partial charge >= 0.3 is 0 Å². The molecule has 3 aromatic rings. The first-order valence-electron chi connectivity index (χ1n) is 9.27. The van der Waals surface area contributed by atoms with Crippen molar-refractivity contribution in [2.75, 3.05) is 18.2 Å². The quantitative estimate of drug-likeness (QED) is 0.537. The van der Waals surface area contributed by atoms with Gasteiger partial charge in [0.1, 0.15) is 18.1 Å². The maximum atomic E-state index is 12.2. The van der Waals surface area contributed by atoms with Crippen LogP contribution in [0.3, 0.4) is 0 Å². The molecule has 1 aromatic heterocycles. The third kappa shape index (κ3) is 5.74. The summed E-state index contributed by atoms with van der Waals surface area (Å²) >= 11 is 1.35. The third-order valence-corrected chi connectivity index (χ3v) is 5.17. The molecule has 29 heavy (non-hydrogen) atoms. The Labute approximate surface area is 174 Å². The Morgan fingerprint density at radius 2 is 1.76 bits per heavy atom. The second-order valence-electron chi connectivity index (χ2n) is 6.31. The molecule has 152 valence electrons. The normalized spacial score (nSPS) is 10.6. The lowest BCUT2D eigenvalue weighted by Gasteiger charge is -2.09. The topological polar surface area (TPSA) is 78.3 Å². The molecule has 1 N–H and O–H groups in total. The molecule has 0 aliphatic rings. The van der Waals surface area contributed by atoms with Gasteiger partial charge in [-0.2, -0.15) is 0 Å². The number of nitrogens with one attached hydrogen (secondary N) is 1. The van der Waals surface area contributed by atoms with Gasteiger partial charge in [0.2, 0.25) is 5.91 Å². The Kier molecular flexibility index (Phi) is 7.13. The molecule has 0 fully saturated rings. The van der Waals surface area contributed by atoms with Crippen molar-refractivity contribution in [1.29, 1.82) is 0 Å². The zero-order chi connectivity index (χ0) is 20.6. The van der Waals surface area contributed by atoms with Gasteiger partial charge in [0.05, 0.1) is 12.9 Å². The smallest absolute Gasteiger partial charge is 0.234 e. The van der Waals surface area contributed by atoms with E-state index in [1.165, 1.54) is 17.3 Å². The van der Waals surface area contributed by atoms with E-state index in [1.54, 1.807) is 31.4 Å². The highest BCUT2D eigenvalue weighted by Crippen LogP contribution is 2.20. The number of carbonyl (C=O) groups excluding carboxylic acids is 1. The minimum Gasteiger partial charge on any atom is -0.497 e. The summed E-state index contributed by atoms with van der Waals surface area (Å²) in [5.74, 6) is 2.39. The monoisotopic (exact) mass is 412 g/mol. The van der Waals surface area contributed by atoms with Crippen molar-refractivity contribution in [3.05, 3.63) is 59.9 Å². The molecule has 0 saturated carbocycles. The molecule has 0 unspecified atom stereocenters. The van der Waals surface area contributed by atoms with Crippen LogP contribution in [0.1, 0.15) is 18.3 Å². The number of methoxy groups -OCH3 is 1. The van der Waals surface area contributed by atoms with Gasteiger partial charge in [0.15, 0.2) is 11.0 Å². The lowest BCUT2D eigenvalue weighted by atomic mass is 10.2. The molecule has 0 aliphatic carbocycles. The van der Waals surface area contributed by atoms with Crippen LogP contribution in [0.15, 0.2) is 53.7 Å². The van der Waals surface area contributed by atoms with E-state index in [-0.39, 0.29) is 11.7 Å². The Balaban J connectivity index is 1.54. The Morgan fingerprint density at radius 3 is 2.41 bits per heavy atom. The number of aromatic nitrogens is 3. The van der Waals surface area contributed by atoms with Crippen LogP contribution in [-0.2, 0) is 17.9 Å². The molecule has 7 nitrogen and oxygen atoms in total. The van der Waals surface area contributed by atoms with Crippen molar-refractivity contribution in [2.45, 2.75) is 32.2 Å². The number of thioether (sulfide) groups is 1. The number of aryl methyl sites for hydroxylation is 1. The van der Waals surface area contributed by atoms with Crippen LogP contribution in [-0.4, -0.2) is 33.5 Å². The molecular formula is C21H24N4O3S. The number of hydrogen-bond donors (Lipinski definition) is 1. The summed E-state index contributed by atoms with van der Waals surface area (Å²) in [4.78, 5) is 12.2. The van der Waals surface area contributed by atoms with Crippen LogP contribution >= 0.6 is 11.8 Å². The number of hydrogen-bond acceptors (Lipinski definition) is 6. The van der Waals surface area contributed by atoms with Crippen molar-refractivity contribution in [3.8, 4) is 11.5 Å². The molecule has 0 atom stereocenters. The van der Waals surface area contributed by atoms with Crippen molar-refractivity contribution >= 4 is 23.4 Å². The Morgan fingerprint density at radius 1 is 1.07 bits per heavy atom. The summed E-state index contributed by atoms with van der Waals surface area (Å²) in [6, 6.07) is 15.1. The second kappa shape index (κ2) is 9.97. The van der Waals surface area contributed by atoms with Crippen LogP contribution in [0.2, 0.25) is 0 Å². The van der Waals surface area contributed by atoms with Crippen molar-refractivity contribution < 1.29 is 14.3 Å². The Hall–Kier alpha value is -3.00. The molecule has 2 aromatic carbocycles. The molecule has 0 saturated heterocycles. The molecule has 8 heteroatoms. The lowest BCUT2D eigenvalue weighted by molar-refractivity contribution is -0.113. The molecule has 0 radical (unpaired) electrons. The fourth-order valence-electron chi connectivity index (χ4n) is 2.63. The zero-order valence-corrected chi connectivity index (χ0v) is 17.5. The van der Waals surface area contributed by atoms with Crippen molar-refractivity contribution in [1.82, 2.24) is 14.8 Å². The van der Waals surface area contributed by atoms with Gasteiger partial charge < -0.3 is 19.4 Å². The summed E-state index contributed by atoms with van der Waals surface area (Å²) in [5.41, 5.74) is 1.90. The summed E-state index contributed by atoms with van der Waals surface area (Å²) in [7, 11) is 1.61. The van der Waals surface area contributed by atoms with E-state index in [9.17, 15) is 4.79 Å². The standard InChI is InChI=1S/C21H24N4O3S/c1-4-25-19(13-28-18-9-5-15(2)6-10-18)23-24-21(25)29-14-20(26)22-16-7-11-17(27-3)12-8-16/h5-12H,4,13-14H2,1-3H3,(H,22,26). The van der Waals surface area contributed by atoms with E-state index < -0.39 is 0 Å². The third-order valence-electron chi connectivity index (χ3n) is 4.20. The minimum absolute atomic E-state index is 0.108. The number of rotatable bonds is 9. The van der Waals surface area contributed by atoms with E-state index in [4.69, 9.17) is 9.47 Å². The predicted molar refractivity (Wildman–Crippen MR) is 114 cm³/mol. The molecule has 1 heterocycles. The van der Waals surface area contributed by atoms with Crippen molar-refractivity contribution in [2.24, 2.45) is 0 Å². The summed E-state index contributed by atoms with van der Waals surface area (Å²) < 4.78 is 12.9. The van der Waals surface area contributed by atoms with E-state index in [2.05, 4.69) is 15.5 Å². The molecule has 3 rings (SSSR count). The van der Waals surface area contributed by atoms with E-state index in [0.717, 1.165) is 23.0 Å². The van der Waals surface area contributed by atoms with Gasteiger partial charge in [-0.05, 0) is 50.2 Å². The number of ether oxygens (including phenoxy) is 2. The van der Waals surface area contributed by atoms with Crippen LogP contribution < -0.4 is 14.8 Å². The average Bonchev–Trinajstić information content (AvgIpc) is 3.14. The van der Waals surface area contributed by atoms with E-state index >= 15 is 0 Å². The fourth-order valence-corrected chi connectivity index (χ4v) is 3.46. The fraction of sp³-hybridized carbons (Fsp3) is 0.286. The summed E-state index contributed by atoms with van der Waals surface area (Å²) in [6.45, 7) is 5.07. The van der Waals surface area contributed by atoms with Crippen molar-refractivity contribution in [3.63, 3.8) is 0 Å². The average molecular weight is 413 g/mol. The SMILES string of the molecule is CCn1c(COc2ccc(C)cc2)nnc1SCC(=O)Nc1ccc(OC)cc1. The number of amides is 1. The van der Waals surface area contributed by atoms with Crippen LogP contribution in [0.4, 0.5) is 5.69 Å². The molecule has 0 aliphatic heterocycles. The van der Waals surface area contributed by atoms with Crippen LogP contribution in [0.5, 0.6) is 11.5 Å². The Bertz CT molecular complexity index is 940. The van der Waals surface area contributed by atoms with Gasteiger partial charge in [-0.3, -0.25) is 4.79 Å². The van der Waals surface area contributed by atoms with Gasteiger partial charge in [-0.25, -0.2) is 0 Å². The molecule has 1 amide bonds. The highest BCUT2D eigenvalue weighted by Gasteiger charge is 2.14. The van der Waals surface area contributed by atoms with Crippen LogP contribution in [0, 0.1) is 6.92 Å². The van der Waals surface area contributed by atoms with Gasteiger partial charge in [-0.15, -0.1) is 10.2 Å². The minimum atomic E-state index is -0.108. The highest BCUT2D eigenvalue weighted by molar-refractivity contribution is 7.99. The lowest BCUT2D eigenvalue weighted by Crippen LogP contribution is -2.14. The maximum absolute atomic E-state index is 12.2. The van der Waals surface area contributed by atoms with Gasteiger partial charge in [0, 0.05) is 12.2 Å². The summed E-state index contributed by atoms with van der Waals surface area (Å²) in [6.07, 6.45) is 0. The maximum Gasteiger partial charge on any atom is 0.234 e. The zero-order valence-electron chi connectivity index (χ0n) is 16.7. The molecule has 0 spiro atoms. The van der Waals surface area contributed by atoms with E-state index in [0.29, 0.717) is 18.3 Å². The molecule has 0 bridgehead atoms. The largest absolute Gasteiger partial charge is 0.497 e. The number of anilines is 1. The van der Waals surface area contributed by atoms with Gasteiger partial charge in [0.25, 0.3) is 0 Å². The van der Waals surface area contributed by atoms with Crippen LogP contribution in [0.25, 0.3) is 0 Å². The number of nitrogens with zero attached hydrogens (tertiary/aromatic N) is 3. The van der Waals surface area contributed by atoms with E-state index in [1.807, 2.05) is 42.7 Å². The predicted octanol–water partition coefficient (Wildman–Crippen LogP) is 3.92. The second-order valence-corrected chi connectivity index (χ2v) is 7.25. The first kappa shape index (κ1) is 20.7. The first-order chi connectivity index (χ1) is 14.1.